The summed E-state index contributed by atoms with van der Waals surface area (Å²) in [7, 11) is 0. The van der Waals surface area contributed by atoms with E-state index in [2.05, 4.69) is 11.6 Å². The summed E-state index contributed by atoms with van der Waals surface area (Å²) in [5.41, 5.74) is 7.86. The molecule has 2 heteroatoms. The van der Waals surface area contributed by atoms with Crippen LogP contribution < -0.4 is 5.73 Å². The van der Waals surface area contributed by atoms with Gasteiger partial charge in [-0.2, -0.15) is 0 Å². The highest BCUT2D eigenvalue weighted by atomic mass is 14.9. The average molecular weight is 136 g/mol. The maximum atomic E-state index is 5.56. The quantitative estimate of drug-likeness (QED) is 0.575. The third-order valence-electron chi connectivity index (χ3n) is 1.57. The summed E-state index contributed by atoms with van der Waals surface area (Å²) in [6, 6.07) is 0. The fourth-order valence-electron chi connectivity index (χ4n) is 0.986. The molecule has 0 radical (unpaired) electrons. The van der Waals surface area contributed by atoms with E-state index in [0.717, 1.165) is 18.6 Å². The number of hydrogen-bond donors (Lipinski definition) is 1. The minimum atomic E-state index is 0.692. The molecule has 10 heavy (non-hydrogen) atoms. The summed E-state index contributed by atoms with van der Waals surface area (Å²) in [6.07, 6.45) is 3.64. The summed E-state index contributed by atoms with van der Waals surface area (Å²) in [5, 5.41) is 0. The van der Waals surface area contributed by atoms with Crippen molar-refractivity contribution in [3.05, 3.63) is 24.0 Å². The standard InChI is InChI=1S/C8H12N2/c1-3-4-7-5-6(2)8(9)10-7/h3H,1,4-5,9H2,2H3. The monoisotopic (exact) mass is 136 g/mol. The van der Waals surface area contributed by atoms with Gasteiger partial charge < -0.3 is 5.73 Å². The van der Waals surface area contributed by atoms with Crippen LogP contribution in [-0.4, -0.2) is 5.71 Å². The summed E-state index contributed by atoms with van der Waals surface area (Å²) in [4.78, 5) is 4.16. The molecule has 0 aliphatic carbocycles. The lowest BCUT2D eigenvalue weighted by Crippen LogP contribution is -1.91. The van der Waals surface area contributed by atoms with Crippen LogP contribution in [-0.2, 0) is 0 Å². The molecule has 0 amide bonds. The molecule has 1 aliphatic rings. The lowest BCUT2D eigenvalue weighted by molar-refractivity contribution is 1.18. The first kappa shape index (κ1) is 7.06. The van der Waals surface area contributed by atoms with Gasteiger partial charge in [0.05, 0.1) is 0 Å². The smallest absolute Gasteiger partial charge is 0.122 e. The molecule has 1 rings (SSSR count). The fraction of sp³-hybridized carbons (Fsp3) is 0.375. The van der Waals surface area contributed by atoms with Crippen molar-refractivity contribution in [1.82, 2.24) is 0 Å². The summed E-state index contributed by atoms with van der Waals surface area (Å²) in [6.45, 7) is 5.64. The highest BCUT2D eigenvalue weighted by Crippen LogP contribution is 2.16. The van der Waals surface area contributed by atoms with Gasteiger partial charge in [0.15, 0.2) is 0 Å². The van der Waals surface area contributed by atoms with Crippen molar-refractivity contribution >= 4 is 5.71 Å². The first-order valence-corrected chi connectivity index (χ1v) is 3.36. The van der Waals surface area contributed by atoms with E-state index in [9.17, 15) is 0 Å². The van der Waals surface area contributed by atoms with Crippen LogP contribution in [0.2, 0.25) is 0 Å². The van der Waals surface area contributed by atoms with E-state index in [1.807, 2.05) is 13.0 Å². The topological polar surface area (TPSA) is 38.4 Å². The predicted molar refractivity (Wildman–Crippen MR) is 43.8 cm³/mol. The molecule has 0 spiro atoms. The number of rotatable bonds is 2. The molecule has 0 aromatic heterocycles. The van der Waals surface area contributed by atoms with Crippen LogP contribution in [0.5, 0.6) is 0 Å². The van der Waals surface area contributed by atoms with Crippen molar-refractivity contribution in [3.63, 3.8) is 0 Å². The predicted octanol–water partition coefficient (Wildman–Crippen LogP) is 1.60. The molecule has 1 heterocycles. The van der Waals surface area contributed by atoms with Crippen LogP contribution in [0.15, 0.2) is 29.0 Å². The van der Waals surface area contributed by atoms with E-state index < -0.39 is 0 Å². The van der Waals surface area contributed by atoms with E-state index in [4.69, 9.17) is 5.73 Å². The first-order valence-electron chi connectivity index (χ1n) is 3.36. The fourth-order valence-corrected chi connectivity index (χ4v) is 0.986. The maximum absolute atomic E-state index is 5.56. The van der Waals surface area contributed by atoms with Gasteiger partial charge in [0.1, 0.15) is 5.82 Å². The lowest BCUT2D eigenvalue weighted by Gasteiger charge is -1.91. The van der Waals surface area contributed by atoms with Crippen molar-refractivity contribution in [3.8, 4) is 0 Å². The Morgan fingerprint density at radius 1 is 1.80 bits per heavy atom. The SMILES string of the molecule is C=CCC1=NC(N)=C(C)C1. The minimum Gasteiger partial charge on any atom is -0.384 e. The molecule has 0 saturated heterocycles. The third kappa shape index (κ3) is 1.26. The van der Waals surface area contributed by atoms with Gasteiger partial charge in [-0.05, 0) is 12.5 Å². The molecule has 0 aromatic carbocycles. The number of allylic oxidation sites excluding steroid dienone is 2. The van der Waals surface area contributed by atoms with E-state index in [0.29, 0.717) is 5.82 Å². The van der Waals surface area contributed by atoms with Crippen molar-refractivity contribution in [1.29, 1.82) is 0 Å². The van der Waals surface area contributed by atoms with Crippen molar-refractivity contribution in [2.45, 2.75) is 19.8 Å². The first-order chi connectivity index (χ1) is 4.74. The van der Waals surface area contributed by atoms with Crippen LogP contribution in [0, 0.1) is 0 Å². The van der Waals surface area contributed by atoms with E-state index in [-0.39, 0.29) is 0 Å². The Hall–Kier alpha value is -1.05. The molecule has 2 N–H and O–H groups in total. The number of aliphatic imine (C=N–C) groups is 1. The molecular formula is C8H12N2. The zero-order valence-corrected chi connectivity index (χ0v) is 6.22. The normalized spacial score (nSPS) is 17.5. The molecule has 0 fully saturated rings. The molecule has 0 unspecified atom stereocenters. The van der Waals surface area contributed by atoms with Gasteiger partial charge in [-0.3, -0.25) is 0 Å². The largest absolute Gasteiger partial charge is 0.384 e. The van der Waals surface area contributed by atoms with E-state index >= 15 is 0 Å². The Labute approximate surface area is 61.1 Å². The Morgan fingerprint density at radius 3 is 2.90 bits per heavy atom. The second kappa shape index (κ2) is 2.69. The van der Waals surface area contributed by atoms with Gasteiger partial charge in [0.25, 0.3) is 0 Å². The van der Waals surface area contributed by atoms with Crippen LogP contribution in [0.1, 0.15) is 19.8 Å². The molecule has 0 atom stereocenters. The highest BCUT2D eigenvalue weighted by molar-refractivity contribution is 5.90. The van der Waals surface area contributed by atoms with Gasteiger partial charge in [-0.1, -0.05) is 6.08 Å². The van der Waals surface area contributed by atoms with Crippen LogP contribution >= 0.6 is 0 Å². The minimum absolute atomic E-state index is 0.692. The van der Waals surface area contributed by atoms with Gasteiger partial charge in [-0.15, -0.1) is 6.58 Å². The van der Waals surface area contributed by atoms with Gasteiger partial charge in [0.2, 0.25) is 0 Å². The third-order valence-corrected chi connectivity index (χ3v) is 1.57. The van der Waals surface area contributed by atoms with Crippen LogP contribution in [0.3, 0.4) is 0 Å². The Bertz CT molecular complexity index is 211. The molecule has 0 bridgehead atoms. The zero-order chi connectivity index (χ0) is 7.56. The molecule has 0 aromatic rings. The summed E-state index contributed by atoms with van der Waals surface area (Å²) in [5.74, 6) is 0.692. The average Bonchev–Trinajstić information content (AvgIpc) is 2.14. The Kier molecular flexibility index (Phi) is 1.90. The van der Waals surface area contributed by atoms with Crippen LogP contribution in [0.25, 0.3) is 0 Å². The highest BCUT2D eigenvalue weighted by Gasteiger charge is 2.09. The van der Waals surface area contributed by atoms with Crippen molar-refractivity contribution in [2.24, 2.45) is 10.7 Å². The van der Waals surface area contributed by atoms with E-state index in [1.54, 1.807) is 0 Å². The molecular weight excluding hydrogens is 124 g/mol. The zero-order valence-electron chi connectivity index (χ0n) is 6.22. The van der Waals surface area contributed by atoms with Gasteiger partial charge >= 0.3 is 0 Å². The van der Waals surface area contributed by atoms with Gasteiger partial charge in [0, 0.05) is 18.6 Å². The second-order valence-electron chi connectivity index (χ2n) is 2.51. The Balaban J connectivity index is 2.60. The van der Waals surface area contributed by atoms with E-state index in [1.165, 1.54) is 5.57 Å². The molecule has 2 nitrogen and oxygen atoms in total. The summed E-state index contributed by atoms with van der Waals surface area (Å²) < 4.78 is 0. The maximum Gasteiger partial charge on any atom is 0.122 e. The molecule has 1 aliphatic heterocycles. The molecule has 0 saturated carbocycles. The van der Waals surface area contributed by atoms with Crippen molar-refractivity contribution < 1.29 is 0 Å². The lowest BCUT2D eigenvalue weighted by atomic mass is 10.1. The van der Waals surface area contributed by atoms with Crippen LogP contribution in [0.4, 0.5) is 0 Å². The number of nitrogens with zero attached hydrogens (tertiary/aromatic N) is 1. The second-order valence-corrected chi connectivity index (χ2v) is 2.51. The Morgan fingerprint density at radius 2 is 2.50 bits per heavy atom. The van der Waals surface area contributed by atoms with Crippen molar-refractivity contribution in [2.75, 3.05) is 0 Å². The summed E-state index contributed by atoms with van der Waals surface area (Å²) >= 11 is 0. The molecule has 54 valence electrons. The number of hydrogen-bond acceptors (Lipinski definition) is 2. The van der Waals surface area contributed by atoms with Gasteiger partial charge in [-0.25, -0.2) is 4.99 Å². The number of nitrogens with two attached hydrogens (primary N) is 1.